The molecule has 3 aromatic rings. The Labute approximate surface area is 225 Å². The number of nitrogens with two attached hydrogens (primary N) is 2. The number of nitrogen functional groups attached to an aromatic ring is 1. The molecule has 1 fully saturated rings. The standard InChI is InChI=1S/C27H32N6O4S/c1-16-6-4-7-19(14-16)33(27(36)24-21(28)22(25(29)34)31-38-24)23(17-9-11-18(12-10-17)32(2)3)26(35)30-15-20-8-5-13-37-20/h4,6-7,9-12,14,20,23H,5,8,13,15,28H2,1-3H3,(H2,29,34)(H,30,35)/t20-,23-/m0/s1. The fourth-order valence-corrected chi connectivity index (χ4v) is 5.13. The molecule has 1 aliphatic rings. The van der Waals surface area contributed by atoms with Gasteiger partial charge in [0.05, 0.1) is 11.8 Å². The molecule has 0 aliphatic carbocycles. The van der Waals surface area contributed by atoms with Crippen molar-refractivity contribution in [3.05, 3.63) is 70.2 Å². The highest BCUT2D eigenvalue weighted by molar-refractivity contribution is 7.09. The Morgan fingerprint density at radius 3 is 2.47 bits per heavy atom. The minimum atomic E-state index is -1.04. The van der Waals surface area contributed by atoms with Gasteiger partial charge in [-0.1, -0.05) is 24.3 Å². The van der Waals surface area contributed by atoms with Crippen LogP contribution in [0.1, 0.15) is 50.2 Å². The van der Waals surface area contributed by atoms with Gasteiger partial charge in [-0.2, -0.15) is 4.37 Å². The molecule has 1 aromatic heterocycles. The van der Waals surface area contributed by atoms with Crippen LogP contribution in [0.2, 0.25) is 0 Å². The highest BCUT2D eigenvalue weighted by atomic mass is 32.1. The molecule has 0 bridgehead atoms. The second-order valence-corrected chi connectivity index (χ2v) is 10.2. The van der Waals surface area contributed by atoms with Gasteiger partial charge in [-0.05, 0) is 66.7 Å². The number of nitrogens with one attached hydrogen (secondary N) is 1. The van der Waals surface area contributed by atoms with Crippen molar-refractivity contribution >= 4 is 46.3 Å². The number of benzene rings is 2. The molecule has 4 rings (SSSR count). The molecule has 2 aromatic carbocycles. The molecule has 3 amide bonds. The predicted octanol–water partition coefficient (Wildman–Crippen LogP) is 2.88. The van der Waals surface area contributed by atoms with Crippen molar-refractivity contribution in [3.8, 4) is 0 Å². The van der Waals surface area contributed by atoms with Gasteiger partial charge in [-0.25, -0.2) is 0 Å². The van der Waals surface area contributed by atoms with Gasteiger partial charge in [-0.3, -0.25) is 19.3 Å². The lowest BCUT2D eigenvalue weighted by molar-refractivity contribution is -0.123. The van der Waals surface area contributed by atoms with Crippen LogP contribution in [0.3, 0.4) is 0 Å². The largest absolute Gasteiger partial charge is 0.395 e. The highest BCUT2D eigenvalue weighted by Gasteiger charge is 2.36. The minimum absolute atomic E-state index is 0.0298. The normalized spacial score (nSPS) is 15.6. The fourth-order valence-electron chi connectivity index (χ4n) is 4.39. The molecular formula is C27H32N6O4S. The van der Waals surface area contributed by atoms with Gasteiger partial charge in [0.15, 0.2) is 5.69 Å². The maximum Gasteiger partial charge on any atom is 0.273 e. The number of primary amides is 1. The van der Waals surface area contributed by atoms with E-state index >= 15 is 0 Å². The van der Waals surface area contributed by atoms with Crippen LogP contribution in [-0.2, 0) is 9.53 Å². The monoisotopic (exact) mass is 536 g/mol. The van der Waals surface area contributed by atoms with E-state index in [1.54, 1.807) is 6.07 Å². The number of hydrogen-bond acceptors (Lipinski definition) is 8. The lowest BCUT2D eigenvalue weighted by Crippen LogP contribution is -2.45. The van der Waals surface area contributed by atoms with E-state index < -0.39 is 17.9 Å². The first-order valence-electron chi connectivity index (χ1n) is 12.3. The molecule has 0 radical (unpaired) electrons. The second-order valence-electron chi connectivity index (χ2n) is 9.42. The molecule has 2 atom stereocenters. The molecule has 1 saturated heterocycles. The van der Waals surface area contributed by atoms with E-state index in [0.717, 1.165) is 35.6 Å². The summed E-state index contributed by atoms with van der Waals surface area (Å²) in [5.41, 5.74) is 14.2. The number of rotatable bonds is 9. The maximum absolute atomic E-state index is 14.1. The molecule has 0 unspecified atom stereocenters. The summed E-state index contributed by atoms with van der Waals surface area (Å²) >= 11 is 0.779. The lowest BCUT2D eigenvalue weighted by atomic mass is 10.0. The van der Waals surface area contributed by atoms with Gasteiger partial charge in [0.2, 0.25) is 5.91 Å². The summed E-state index contributed by atoms with van der Waals surface area (Å²) in [4.78, 5) is 43.1. The Balaban J connectivity index is 1.82. The number of aromatic nitrogens is 1. The number of amides is 3. The Hall–Kier alpha value is -3.96. The van der Waals surface area contributed by atoms with E-state index in [1.807, 2.05) is 68.4 Å². The van der Waals surface area contributed by atoms with E-state index in [1.165, 1.54) is 4.90 Å². The van der Waals surface area contributed by atoms with Crippen LogP contribution >= 0.6 is 11.5 Å². The van der Waals surface area contributed by atoms with Gasteiger partial charge in [0, 0.05) is 38.6 Å². The summed E-state index contributed by atoms with van der Waals surface area (Å²) in [5.74, 6) is -1.76. The van der Waals surface area contributed by atoms with Crippen molar-refractivity contribution in [2.75, 3.05) is 42.8 Å². The number of nitrogens with zero attached hydrogens (tertiary/aromatic N) is 3. The quantitative estimate of drug-likeness (QED) is 0.381. The van der Waals surface area contributed by atoms with E-state index in [-0.39, 0.29) is 28.3 Å². The summed E-state index contributed by atoms with van der Waals surface area (Å²) in [6.07, 6.45) is 1.72. The SMILES string of the molecule is Cc1cccc(N(C(=O)c2snc(C(N)=O)c2N)[C@H](C(=O)NC[C@@H]2CCCO2)c2ccc(N(C)C)cc2)c1. The lowest BCUT2D eigenvalue weighted by Gasteiger charge is -2.32. The van der Waals surface area contributed by atoms with Crippen molar-refractivity contribution in [1.29, 1.82) is 0 Å². The van der Waals surface area contributed by atoms with E-state index in [0.29, 0.717) is 24.4 Å². The van der Waals surface area contributed by atoms with Crippen LogP contribution in [0.25, 0.3) is 0 Å². The van der Waals surface area contributed by atoms with E-state index in [4.69, 9.17) is 16.2 Å². The molecule has 2 heterocycles. The van der Waals surface area contributed by atoms with Crippen LogP contribution in [0.4, 0.5) is 17.1 Å². The van der Waals surface area contributed by atoms with Crippen molar-refractivity contribution in [2.24, 2.45) is 5.73 Å². The average Bonchev–Trinajstić information content (AvgIpc) is 3.55. The summed E-state index contributed by atoms with van der Waals surface area (Å²) in [5, 5.41) is 2.98. The zero-order valence-electron chi connectivity index (χ0n) is 21.6. The van der Waals surface area contributed by atoms with E-state index in [2.05, 4.69) is 9.69 Å². The summed E-state index contributed by atoms with van der Waals surface area (Å²) in [6.45, 7) is 2.89. The first-order chi connectivity index (χ1) is 18.2. The fraction of sp³-hybridized carbons (Fsp3) is 0.333. The predicted molar refractivity (Wildman–Crippen MR) is 149 cm³/mol. The number of ether oxygens (including phenoxy) is 1. The molecular weight excluding hydrogens is 504 g/mol. The second kappa shape index (κ2) is 11.6. The van der Waals surface area contributed by atoms with Crippen LogP contribution in [0.5, 0.6) is 0 Å². The number of carbonyl (C=O) groups is 3. The Morgan fingerprint density at radius 1 is 1.16 bits per heavy atom. The van der Waals surface area contributed by atoms with Gasteiger partial charge < -0.3 is 26.4 Å². The van der Waals surface area contributed by atoms with Crippen LogP contribution in [0, 0.1) is 6.92 Å². The molecule has 11 heteroatoms. The van der Waals surface area contributed by atoms with Crippen molar-refractivity contribution in [1.82, 2.24) is 9.69 Å². The zero-order chi connectivity index (χ0) is 27.4. The Bertz CT molecular complexity index is 1320. The van der Waals surface area contributed by atoms with Crippen molar-refractivity contribution < 1.29 is 19.1 Å². The van der Waals surface area contributed by atoms with E-state index in [9.17, 15) is 14.4 Å². The molecule has 38 heavy (non-hydrogen) atoms. The third-order valence-corrected chi connectivity index (χ3v) is 7.26. The molecule has 0 saturated carbocycles. The Morgan fingerprint density at radius 2 is 1.89 bits per heavy atom. The average molecular weight is 537 g/mol. The van der Waals surface area contributed by atoms with Crippen LogP contribution < -0.4 is 26.6 Å². The maximum atomic E-state index is 14.1. The van der Waals surface area contributed by atoms with Gasteiger partial charge in [-0.15, -0.1) is 0 Å². The highest BCUT2D eigenvalue weighted by Crippen LogP contribution is 2.34. The third kappa shape index (κ3) is 5.79. The smallest absolute Gasteiger partial charge is 0.273 e. The van der Waals surface area contributed by atoms with Crippen molar-refractivity contribution in [3.63, 3.8) is 0 Å². The molecule has 1 aliphatic heterocycles. The molecule has 10 nitrogen and oxygen atoms in total. The number of carbonyl (C=O) groups excluding carboxylic acids is 3. The number of aryl methyl sites for hydroxylation is 1. The van der Waals surface area contributed by atoms with Crippen LogP contribution in [-0.4, -0.2) is 55.4 Å². The third-order valence-electron chi connectivity index (χ3n) is 6.41. The summed E-state index contributed by atoms with van der Waals surface area (Å²) in [7, 11) is 3.85. The van der Waals surface area contributed by atoms with Gasteiger partial charge in [0.25, 0.3) is 11.8 Å². The van der Waals surface area contributed by atoms with Gasteiger partial charge in [0.1, 0.15) is 10.9 Å². The number of hydrogen-bond donors (Lipinski definition) is 3. The summed E-state index contributed by atoms with van der Waals surface area (Å²) in [6, 6.07) is 13.7. The van der Waals surface area contributed by atoms with Crippen molar-refractivity contribution in [2.45, 2.75) is 31.9 Å². The zero-order valence-corrected chi connectivity index (χ0v) is 22.5. The first kappa shape index (κ1) is 27.1. The van der Waals surface area contributed by atoms with Crippen LogP contribution in [0.15, 0.2) is 48.5 Å². The topological polar surface area (TPSA) is 144 Å². The first-order valence-corrected chi connectivity index (χ1v) is 13.1. The molecule has 200 valence electrons. The molecule has 0 spiro atoms. The molecule has 5 N–H and O–H groups in total. The minimum Gasteiger partial charge on any atom is -0.395 e. The Kier molecular flexibility index (Phi) is 8.28. The number of anilines is 3. The van der Waals surface area contributed by atoms with Gasteiger partial charge >= 0.3 is 0 Å². The summed E-state index contributed by atoms with van der Waals surface area (Å²) < 4.78 is 9.68.